The molecule has 1 aromatic rings. The van der Waals surface area contributed by atoms with Gasteiger partial charge in [0.05, 0.1) is 18.8 Å². The summed E-state index contributed by atoms with van der Waals surface area (Å²) in [6.45, 7) is 6.87. The quantitative estimate of drug-likeness (QED) is 0.756. The van der Waals surface area contributed by atoms with Crippen LogP contribution in [-0.2, 0) is 4.74 Å². The summed E-state index contributed by atoms with van der Waals surface area (Å²) >= 11 is 0. The number of pyridine rings is 1. The van der Waals surface area contributed by atoms with Gasteiger partial charge in [0.25, 0.3) is 0 Å². The minimum atomic E-state index is -0.471. The Morgan fingerprint density at radius 3 is 2.53 bits per heavy atom. The van der Waals surface area contributed by atoms with Crippen molar-refractivity contribution >= 4 is 0 Å². The van der Waals surface area contributed by atoms with E-state index in [-0.39, 0.29) is 12.1 Å². The van der Waals surface area contributed by atoms with Crippen molar-refractivity contribution in [1.82, 2.24) is 10.3 Å². The van der Waals surface area contributed by atoms with Crippen LogP contribution in [-0.4, -0.2) is 35.5 Å². The number of hydrogen-bond acceptors (Lipinski definition) is 4. The highest BCUT2D eigenvalue weighted by Gasteiger charge is 2.09. The normalized spacial score (nSPS) is 14.9. The van der Waals surface area contributed by atoms with Crippen LogP contribution in [0, 0.1) is 0 Å². The molecule has 1 heterocycles. The Kier molecular flexibility index (Phi) is 6.11. The molecule has 2 N–H and O–H groups in total. The summed E-state index contributed by atoms with van der Waals surface area (Å²) in [6.07, 6.45) is 3.22. The number of ether oxygens (including phenoxy) is 1. The molecule has 4 nitrogen and oxygen atoms in total. The van der Waals surface area contributed by atoms with Crippen LogP contribution in [0.1, 0.15) is 32.4 Å². The SMILES string of the molecule is CC(C)OCC(O)CN[C@@H](C)c1ccncc1. The highest BCUT2D eigenvalue weighted by Crippen LogP contribution is 2.09. The first kappa shape index (κ1) is 14.1. The summed E-state index contributed by atoms with van der Waals surface area (Å²) in [7, 11) is 0. The fourth-order valence-electron chi connectivity index (χ4n) is 1.45. The molecular weight excluding hydrogens is 216 g/mol. The van der Waals surface area contributed by atoms with Gasteiger partial charge in [-0.25, -0.2) is 0 Å². The van der Waals surface area contributed by atoms with E-state index in [4.69, 9.17) is 4.74 Å². The lowest BCUT2D eigenvalue weighted by atomic mass is 10.1. The van der Waals surface area contributed by atoms with Crippen LogP contribution in [0.15, 0.2) is 24.5 Å². The topological polar surface area (TPSA) is 54.4 Å². The summed E-state index contributed by atoms with van der Waals surface area (Å²) < 4.78 is 5.34. The molecule has 0 aliphatic carbocycles. The molecule has 0 saturated carbocycles. The van der Waals surface area contributed by atoms with Crippen molar-refractivity contribution in [3.8, 4) is 0 Å². The Balaban J connectivity index is 2.26. The van der Waals surface area contributed by atoms with Gasteiger partial charge in [-0.15, -0.1) is 0 Å². The lowest BCUT2D eigenvalue weighted by Crippen LogP contribution is -2.32. The van der Waals surface area contributed by atoms with E-state index < -0.39 is 6.10 Å². The summed E-state index contributed by atoms with van der Waals surface area (Å²) in [6, 6.07) is 4.13. The van der Waals surface area contributed by atoms with Gasteiger partial charge in [-0.1, -0.05) is 0 Å². The predicted molar refractivity (Wildman–Crippen MR) is 67.7 cm³/mol. The second-order valence-electron chi connectivity index (χ2n) is 4.45. The molecule has 0 fully saturated rings. The molecular formula is C13H22N2O2. The number of nitrogens with zero attached hydrogens (tertiary/aromatic N) is 1. The minimum Gasteiger partial charge on any atom is -0.389 e. The minimum absolute atomic E-state index is 0.155. The van der Waals surface area contributed by atoms with Crippen LogP contribution in [0.3, 0.4) is 0 Å². The molecule has 0 bridgehead atoms. The van der Waals surface area contributed by atoms with Gasteiger partial charge < -0.3 is 15.2 Å². The number of aliphatic hydroxyl groups excluding tert-OH is 1. The molecule has 0 spiro atoms. The number of rotatable bonds is 7. The van der Waals surface area contributed by atoms with E-state index in [0.29, 0.717) is 13.2 Å². The molecule has 0 radical (unpaired) electrons. The molecule has 0 aliphatic heterocycles. The first-order valence-corrected chi connectivity index (χ1v) is 6.02. The molecule has 0 amide bonds. The Morgan fingerprint density at radius 1 is 1.29 bits per heavy atom. The van der Waals surface area contributed by atoms with E-state index in [9.17, 15) is 5.11 Å². The maximum absolute atomic E-state index is 9.69. The largest absolute Gasteiger partial charge is 0.389 e. The molecule has 96 valence electrons. The highest BCUT2D eigenvalue weighted by molar-refractivity contribution is 5.13. The summed E-state index contributed by atoms with van der Waals surface area (Å²) in [4.78, 5) is 3.97. The van der Waals surface area contributed by atoms with Crippen LogP contribution in [0.2, 0.25) is 0 Å². The molecule has 1 aromatic heterocycles. The van der Waals surface area contributed by atoms with Gasteiger partial charge in [0.1, 0.15) is 0 Å². The van der Waals surface area contributed by atoms with E-state index >= 15 is 0 Å². The van der Waals surface area contributed by atoms with E-state index in [1.165, 1.54) is 0 Å². The van der Waals surface area contributed by atoms with Gasteiger partial charge in [0, 0.05) is 25.0 Å². The van der Waals surface area contributed by atoms with Gasteiger partial charge >= 0.3 is 0 Å². The average molecular weight is 238 g/mol. The standard InChI is InChI=1S/C13H22N2O2/c1-10(2)17-9-13(16)8-15-11(3)12-4-6-14-7-5-12/h4-7,10-11,13,15-16H,8-9H2,1-3H3/t11-,13?/m0/s1. The van der Waals surface area contributed by atoms with Crippen LogP contribution < -0.4 is 5.32 Å². The van der Waals surface area contributed by atoms with Gasteiger partial charge in [0.15, 0.2) is 0 Å². The van der Waals surface area contributed by atoms with Crippen molar-refractivity contribution in [2.75, 3.05) is 13.2 Å². The van der Waals surface area contributed by atoms with E-state index in [0.717, 1.165) is 5.56 Å². The van der Waals surface area contributed by atoms with Crippen molar-refractivity contribution in [1.29, 1.82) is 0 Å². The first-order chi connectivity index (χ1) is 8.09. The Hall–Kier alpha value is -0.970. The van der Waals surface area contributed by atoms with Crippen molar-refractivity contribution in [2.45, 2.75) is 39.0 Å². The predicted octanol–water partition coefficient (Wildman–Crippen LogP) is 1.52. The molecule has 4 heteroatoms. The molecule has 0 aliphatic rings. The molecule has 2 atom stereocenters. The highest BCUT2D eigenvalue weighted by atomic mass is 16.5. The Bertz CT molecular complexity index is 304. The zero-order chi connectivity index (χ0) is 12.7. The third-order valence-corrected chi connectivity index (χ3v) is 2.49. The Morgan fingerprint density at radius 2 is 1.94 bits per heavy atom. The third-order valence-electron chi connectivity index (χ3n) is 2.49. The maximum atomic E-state index is 9.69. The lowest BCUT2D eigenvalue weighted by molar-refractivity contribution is 0.00560. The van der Waals surface area contributed by atoms with Crippen LogP contribution in [0.5, 0.6) is 0 Å². The summed E-state index contributed by atoms with van der Waals surface area (Å²) in [5, 5.41) is 13.0. The number of nitrogens with one attached hydrogen (secondary N) is 1. The molecule has 0 saturated heterocycles. The number of hydrogen-bond donors (Lipinski definition) is 2. The Labute approximate surface area is 103 Å². The zero-order valence-electron chi connectivity index (χ0n) is 10.8. The third kappa shape index (κ3) is 5.77. The monoisotopic (exact) mass is 238 g/mol. The average Bonchev–Trinajstić information content (AvgIpc) is 2.34. The van der Waals surface area contributed by atoms with E-state index in [2.05, 4.69) is 17.2 Å². The fourth-order valence-corrected chi connectivity index (χ4v) is 1.45. The van der Waals surface area contributed by atoms with E-state index in [1.807, 2.05) is 26.0 Å². The van der Waals surface area contributed by atoms with Gasteiger partial charge in [-0.05, 0) is 38.5 Å². The van der Waals surface area contributed by atoms with Gasteiger partial charge in [0.2, 0.25) is 0 Å². The summed E-state index contributed by atoms with van der Waals surface area (Å²) in [5.74, 6) is 0. The second kappa shape index (κ2) is 7.37. The van der Waals surface area contributed by atoms with Crippen molar-refractivity contribution < 1.29 is 9.84 Å². The van der Waals surface area contributed by atoms with Crippen molar-refractivity contribution in [2.24, 2.45) is 0 Å². The second-order valence-corrected chi connectivity index (χ2v) is 4.45. The molecule has 17 heavy (non-hydrogen) atoms. The first-order valence-electron chi connectivity index (χ1n) is 6.02. The maximum Gasteiger partial charge on any atom is 0.0898 e. The van der Waals surface area contributed by atoms with Gasteiger partial charge in [-0.3, -0.25) is 4.98 Å². The van der Waals surface area contributed by atoms with E-state index in [1.54, 1.807) is 12.4 Å². The van der Waals surface area contributed by atoms with Crippen molar-refractivity contribution in [3.63, 3.8) is 0 Å². The van der Waals surface area contributed by atoms with Crippen LogP contribution >= 0.6 is 0 Å². The molecule has 1 rings (SSSR count). The van der Waals surface area contributed by atoms with Crippen LogP contribution in [0.4, 0.5) is 0 Å². The lowest BCUT2D eigenvalue weighted by Gasteiger charge is -2.18. The van der Waals surface area contributed by atoms with Crippen molar-refractivity contribution in [3.05, 3.63) is 30.1 Å². The van der Waals surface area contributed by atoms with Gasteiger partial charge in [-0.2, -0.15) is 0 Å². The number of aliphatic hydroxyl groups is 1. The number of aromatic nitrogens is 1. The molecule has 1 unspecified atom stereocenters. The zero-order valence-corrected chi connectivity index (χ0v) is 10.8. The van der Waals surface area contributed by atoms with Crippen LogP contribution in [0.25, 0.3) is 0 Å². The fraction of sp³-hybridized carbons (Fsp3) is 0.615. The smallest absolute Gasteiger partial charge is 0.0898 e. The molecule has 0 aromatic carbocycles. The summed E-state index contributed by atoms with van der Waals surface area (Å²) in [5.41, 5.74) is 1.16.